The molecule has 3 nitrogen and oxygen atoms in total. The van der Waals surface area contributed by atoms with Crippen molar-refractivity contribution >= 4 is 28.6 Å². The van der Waals surface area contributed by atoms with E-state index in [0.717, 1.165) is 43.0 Å². The van der Waals surface area contributed by atoms with Crippen molar-refractivity contribution in [1.82, 2.24) is 0 Å². The lowest BCUT2D eigenvalue weighted by Crippen LogP contribution is -2.33. The molecule has 0 amide bonds. The van der Waals surface area contributed by atoms with Gasteiger partial charge in [0.1, 0.15) is 6.10 Å². The van der Waals surface area contributed by atoms with Crippen LogP contribution < -0.4 is 0 Å². The van der Waals surface area contributed by atoms with Crippen molar-refractivity contribution in [3.05, 3.63) is 12.2 Å². The molecular weight excluding hydrogens is 331 g/mol. The van der Waals surface area contributed by atoms with Crippen LogP contribution in [0.3, 0.4) is 0 Å². The van der Waals surface area contributed by atoms with Gasteiger partial charge in [-0.2, -0.15) is 0 Å². The molecule has 1 fully saturated rings. The van der Waals surface area contributed by atoms with E-state index in [0.29, 0.717) is 0 Å². The van der Waals surface area contributed by atoms with Gasteiger partial charge >= 0.3 is 5.97 Å². The first-order chi connectivity index (χ1) is 8.24. The largest absolute Gasteiger partial charge is 0.456 e. The molecule has 0 aromatic rings. The van der Waals surface area contributed by atoms with Crippen LogP contribution in [-0.2, 0) is 9.53 Å². The molecule has 2 atom stereocenters. The lowest BCUT2D eigenvalue weighted by atomic mass is 9.95. The number of carbonyl (C=O) groups excluding carboxylic acids is 1. The van der Waals surface area contributed by atoms with E-state index in [4.69, 9.17) is 4.74 Å². The minimum absolute atomic E-state index is 0.296. The fourth-order valence-corrected chi connectivity index (χ4v) is 2.48. The second-order valence-corrected chi connectivity index (χ2v) is 5.49. The molecule has 0 spiro atoms. The van der Waals surface area contributed by atoms with Crippen LogP contribution in [0, 0.1) is 0 Å². The zero-order valence-electron chi connectivity index (χ0n) is 10.1. The van der Waals surface area contributed by atoms with E-state index in [1.165, 1.54) is 12.5 Å². The van der Waals surface area contributed by atoms with Gasteiger partial charge in [-0.15, -0.1) is 0 Å². The van der Waals surface area contributed by atoms with Gasteiger partial charge < -0.3 is 9.84 Å². The Bertz CT molecular complexity index is 253. The average molecular weight is 352 g/mol. The smallest absolute Gasteiger partial charge is 0.330 e. The highest BCUT2D eigenvalue weighted by molar-refractivity contribution is 14.1. The molecule has 0 saturated heterocycles. The SMILES string of the molecule is O=C(/C=C/CCCCI)O[C@@H]1CCCC[C@H]1O. The second kappa shape index (κ2) is 8.91. The molecule has 0 bridgehead atoms. The Kier molecular flexibility index (Phi) is 7.84. The third-order valence-corrected chi connectivity index (χ3v) is 3.71. The van der Waals surface area contributed by atoms with Gasteiger partial charge in [-0.25, -0.2) is 4.79 Å². The van der Waals surface area contributed by atoms with Crippen molar-refractivity contribution in [2.75, 3.05) is 4.43 Å². The predicted molar refractivity (Wildman–Crippen MR) is 76.2 cm³/mol. The zero-order chi connectivity index (χ0) is 12.5. The number of alkyl halides is 1. The van der Waals surface area contributed by atoms with Gasteiger partial charge in [-0.05, 0) is 43.0 Å². The van der Waals surface area contributed by atoms with Crippen molar-refractivity contribution in [2.45, 2.75) is 57.2 Å². The number of halogens is 1. The Hall–Kier alpha value is -0.100. The van der Waals surface area contributed by atoms with Crippen LogP contribution in [0.4, 0.5) is 0 Å². The highest BCUT2D eigenvalue weighted by Gasteiger charge is 2.25. The number of hydrogen-bond donors (Lipinski definition) is 1. The zero-order valence-corrected chi connectivity index (χ0v) is 12.3. The topological polar surface area (TPSA) is 46.5 Å². The fourth-order valence-electron chi connectivity index (χ4n) is 1.94. The van der Waals surface area contributed by atoms with Crippen molar-refractivity contribution in [3.8, 4) is 0 Å². The number of aliphatic hydroxyl groups is 1. The van der Waals surface area contributed by atoms with Gasteiger partial charge in [-0.1, -0.05) is 35.1 Å². The molecule has 1 rings (SSSR count). The number of hydrogen-bond acceptors (Lipinski definition) is 3. The first-order valence-electron chi connectivity index (χ1n) is 6.35. The van der Waals surface area contributed by atoms with Gasteiger partial charge in [0.25, 0.3) is 0 Å². The Morgan fingerprint density at radius 2 is 2.12 bits per heavy atom. The summed E-state index contributed by atoms with van der Waals surface area (Å²) in [7, 11) is 0. The average Bonchev–Trinajstić information content (AvgIpc) is 2.32. The molecule has 0 unspecified atom stereocenters. The van der Waals surface area contributed by atoms with E-state index in [1.54, 1.807) is 0 Å². The van der Waals surface area contributed by atoms with Crippen LogP contribution in [0.1, 0.15) is 44.9 Å². The normalized spacial score (nSPS) is 25.1. The molecule has 1 N–H and O–H groups in total. The quantitative estimate of drug-likeness (QED) is 0.263. The molecule has 0 heterocycles. The number of unbranched alkanes of at least 4 members (excludes halogenated alkanes) is 2. The first kappa shape index (κ1) is 15.0. The summed E-state index contributed by atoms with van der Waals surface area (Å²) in [6.45, 7) is 0. The van der Waals surface area contributed by atoms with E-state index < -0.39 is 6.10 Å². The highest BCUT2D eigenvalue weighted by atomic mass is 127. The Morgan fingerprint density at radius 1 is 1.35 bits per heavy atom. The summed E-state index contributed by atoms with van der Waals surface area (Å²) >= 11 is 2.35. The summed E-state index contributed by atoms with van der Waals surface area (Å²) in [5.74, 6) is -0.314. The fraction of sp³-hybridized carbons (Fsp3) is 0.769. The van der Waals surface area contributed by atoms with Crippen molar-refractivity contribution < 1.29 is 14.6 Å². The maximum absolute atomic E-state index is 11.5. The molecule has 0 aliphatic heterocycles. The lowest BCUT2D eigenvalue weighted by molar-refractivity contribution is -0.151. The van der Waals surface area contributed by atoms with E-state index in [1.807, 2.05) is 6.08 Å². The van der Waals surface area contributed by atoms with Crippen molar-refractivity contribution in [3.63, 3.8) is 0 Å². The number of ether oxygens (including phenoxy) is 1. The molecule has 1 saturated carbocycles. The predicted octanol–water partition coefficient (Wildman–Crippen LogP) is 2.99. The van der Waals surface area contributed by atoms with E-state index in [-0.39, 0.29) is 12.1 Å². The molecule has 1 aliphatic rings. The molecule has 98 valence electrons. The van der Waals surface area contributed by atoms with Crippen LogP contribution >= 0.6 is 22.6 Å². The maximum Gasteiger partial charge on any atom is 0.330 e. The second-order valence-electron chi connectivity index (χ2n) is 4.41. The summed E-state index contributed by atoms with van der Waals surface area (Å²) in [5, 5.41) is 9.66. The Balaban J connectivity index is 2.19. The number of rotatable bonds is 6. The Morgan fingerprint density at radius 3 is 2.82 bits per heavy atom. The molecule has 1 aliphatic carbocycles. The molecule has 0 radical (unpaired) electrons. The van der Waals surface area contributed by atoms with Crippen molar-refractivity contribution in [1.29, 1.82) is 0 Å². The molecule has 0 aromatic heterocycles. The molecular formula is C13H21IO3. The van der Waals surface area contributed by atoms with Gasteiger partial charge in [0.05, 0.1) is 6.10 Å². The number of carbonyl (C=O) groups is 1. The van der Waals surface area contributed by atoms with E-state index in [2.05, 4.69) is 22.6 Å². The van der Waals surface area contributed by atoms with Gasteiger partial charge in [0.2, 0.25) is 0 Å². The van der Waals surface area contributed by atoms with Crippen LogP contribution in [0.15, 0.2) is 12.2 Å². The van der Waals surface area contributed by atoms with E-state index in [9.17, 15) is 9.90 Å². The van der Waals surface area contributed by atoms with Gasteiger partial charge in [-0.3, -0.25) is 0 Å². The third kappa shape index (κ3) is 6.41. The molecule has 0 aromatic carbocycles. The minimum Gasteiger partial charge on any atom is -0.456 e. The summed E-state index contributed by atoms with van der Waals surface area (Å²) in [4.78, 5) is 11.5. The maximum atomic E-state index is 11.5. The number of esters is 1. The molecule has 4 heteroatoms. The summed E-state index contributed by atoms with van der Waals surface area (Å²) in [6, 6.07) is 0. The number of allylic oxidation sites excluding steroid dienone is 1. The van der Waals surface area contributed by atoms with Crippen LogP contribution in [0.2, 0.25) is 0 Å². The summed E-state index contributed by atoms with van der Waals surface area (Å²) in [5.41, 5.74) is 0. The highest BCUT2D eigenvalue weighted by Crippen LogP contribution is 2.21. The Labute approximate surface area is 117 Å². The van der Waals surface area contributed by atoms with E-state index >= 15 is 0 Å². The third-order valence-electron chi connectivity index (χ3n) is 2.94. The van der Waals surface area contributed by atoms with Gasteiger partial charge in [0.15, 0.2) is 0 Å². The standard InChI is InChI=1S/C13H21IO3/c14-10-6-2-1-3-9-13(16)17-12-8-5-4-7-11(12)15/h3,9,11-12,15H,1-2,4-8,10H2/b9-3+/t11-,12-/m1/s1. The summed E-state index contributed by atoms with van der Waals surface area (Å²) < 4.78 is 6.39. The molecule has 17 heavy (non-hydrogen) atoms. The van der Waals surface area contributed by atoms with Crippen LogP contribution in [-0.4, -0.2) is 27.7 Å². The van der Waals surface area contributed by atoms with Gasteiger partial charge in [0, 0.05) is 6.08 Å². The lowest BCUT2D eigenvalue weighted by Gasteiger charge is -2.26. The summed E-state index contributed by atoms with van der Waals surface area (Å²) in [6.07, 6.45) is 9.40. The van der Waals surface area contributed by atoms with Crippen LogP contribution in [0.25, 0.3) is 0 Å². The minimum atomic E-state index is -0.472. The first-order valence-corrected chi connectivity index (χ1v) is 7.88. The number of aliphatic hydroxyl groups excluding tert-OH is 1. The monoisotopic (exact) mass is 352 g/mol. The van der Waals surface area contributed by atoms with Crippen molar-refractivity contribution in [2.24, 2.45) is 0 Å². The van der Waals surface area contributed by atoms with Crippen LogP contribution in [0.5, 0.6) is 0 Å².